The molecule has 0 saturated heterocycles. The monoisotopic (exact) mass is 266 g/mol. The molecule has 0 aliphatic heterocycles. The number of halogens is 1. The van der Waals surface area contributed by atoms with Crippen molar-refractivity contribution in [2.24, 2.45) is 0 Å². The average Bonchev–Trinajstić information content (AvgIpc) is 2.33. The maximum atomic E-state index is 5.81. The third kappa shape index (κ3) is 5.00. The van der Waals surface area contributed by atoms with Crippen LogP contribution in [0.1, 0.15) is 24.5 Å². The van der Waals surface area contributed by atoms with E-state index in [-0.39, 0.29) is 6.10 Å². The Kier molecular flexibility index (Phi) is 6.64. The molecule has 0 aliphatic rings. The number of methoxy groups -OCH3 is 1. The first-order valence-electron chi connectivity index (χ1n) is 5.98. The van der Waals surface area contributed by atoms with Crippen LogP contribution < -0.4 is 4.74 Å². The normalized spacial score (nSPS) is 11.6. The zero-order chi connectivity index (χ0) is 13.4. The van der Waals surface area contributed by atoms with Gasteiger partial charge in [0.2, 0.25) is 0 Å². The van der Waals surface area contributed by atoms with Crippen LogP contribution in [0.25, 0.3) is 0 Å². The van der Waals surface area contributed by atoms with Gasteiger partial charge in [0, 0.05) is 19.4 Å². The van der Waals surface area contributed by atoms with Crippen LogP contribution >= 0.6 is 11.6 Å². The molecule has 1 atom stereocenters. The molecule has 98 valence electrons. The van der Waals surface area contributed by atoms with Crippen LogP contribution in [0, 0.1) is 18.8 Å². The molecule has 1 aromatic rings. The molecule has 0 aliphatic carbocycles. The van der Waals surface area contributed by atoms with Crippen LogP contribution in [-0.2, 0) is 4.74 Å². The van der Waals surface area contributed by atoms with Crippen molar-refractivity contribution in [2.45, 2.75) is 26.4 Å². The maximum Gasteiger partial charge on any atom is 0.135 e. The zero-order valence-electron chi connectivity index (χ0n) is 11.1. The largest absolute Gasteiger partial charge is 0.487 e. The molecule has 2 nitrogen and oxygen atoms in total. The molecule has 0 amide bonds. The van der Waals surface area contributed by atoms with Crippen molar-refractivity contribution < 1.29 is 9.47 Å². The Bertz CT molecular complexity index is 432. The summed E-state index contributed by atoms with van der Waals surface area (Å²) in [7, 11) is 1.66. The van der Waals surface area contributed by atoms with Gasteiger partial charge in [0.15, 0.2) is 0 Å². The van der Waals surface area contributed by atoms with Gasteiger partial charge in [-0.1, -0.05) is 17.9 Å². The predicted octanol–water partition coefficient (Wildman–Crippen LogP) is 3.39. The zero-order valence-corrected chi connectivity index (χ0v) is 11.9. The molecule has 0 aromatic heterocycles. The molecule has 0 N–H and O–H groups in total. The third-order valence-corrected chi connectivity index (χ3v) is 2.50. The van der Waals surface area contributed by atoms with Crippen molar-refractivity contribution >= 4 is 11.6 Å². The number of hydrogen-bond acceptors (Lipinski definition) is 2. The number of alkyl halides is 1. The van der Waals surface area contributed by atoms with Crippen LogP contribution in [-0.4, -0.2) is 25.7 Å². The van der Waals surface area contributed by atoms with Gasteiger partial charge < -0.3 is 9.47 Å². The summed E-state index contributed by atoms with van der Waals surface area (Å²) in [5.74, 6) is 7.48. The quantitative estimate of drug-likeness (QED) is 0.601. The molecule has 1 rings (SSSR count). The van der Waals surface area contributed by atoms with Gasteiger partial charge in [-0.15, -0.1) is 11.6 Å². The minimum Gasteiger partial charge on any atom is -0.487 e. The van der Waals surface area contributed by atoms with E-state index in [9.17, 15) is 0 Å². The SMILES string of the molecule is COCC(C)Oc1ccc(C)cc1C#CCCCl. The Labute approximate surface area is 114 Å². The molecule has 0 heterocycles. The summed E-state index contributed by atoms with van der Waals surface area (Å²) < 4.78 is 10.9. The van der Waals surface area contributed by atoms with Gasteiger partial charge in [-0.3, -0.25) is 0 Å². The number of aryl methyl sites for hydroxylation is 1. The number of benzene rings is 1. The second-order valence-corrected chi connectivity index (χ2v) is 4.50. The number of ether oxygens (including phenoxy) is 2. The lowest BCUT2D eigenvalue weighted by molar-refractivity contribution is 0.0919. The molecular weight excluding hydrogens is 248 g/mol. The Hall–Kier alpha value is -1.17. The maximum absolute atomic E-state index is 5.81. The fourth-order valence-corrected chi connectivity index (χ4v) is 1.63. The van der Waals surface area contributed by atoms with Crippen LogP contribution in [0.2, 0.25) is 0 Å². The average molecular weight is 267 g/mol. The minimum absolute atomic E-state index is 0.00582. The molecule has 0 radical (unpaired) electrons. The van der Waals surface area contributed by atoms with Crippen LogP contribution in [0.3, 0.4) is 0 Å². The van der Waals surface area contributed by atoms with Crippen molar-refractivity contribution in [3.05, 3.63) is 29.3 Å². The minimum atomic E-state index is 0.00582. The molecule has 18 heavy (non-hydrogen) atoms. The van der Waals surface area contributed by atoms with Crippen LogP contribution in [0.5, 0.6) is 5.75 Å². The summed E-state index contributed by atoms with van der Waals surface area (Å²) in [6.07, 6.45) is 0.689. The summed E-state index contributed by atoms with van der Waals surface area (Å²) in [5, 5.41) is 0. The van der Waals surface area contributed by atoms with Gasteiger partial charge in [0.05, 0.1) is 12.2 Å². The Morgan fingerprint density at radius 1 is 1.39 bits per heavy atom. The summed E-state index contributed by atoms with van der Waals surface area (Å²) in [4.78, 5) is 0. The Morgan fingerprint density at radius 3 is 2.83 bits per heavy atom. The first kappa shape index (κ1) is 14.9. The molecule has 3 heteroatoms. The van der Waals surface area contributed by atoms with E-state index in [0.29, 0.717) is 18.9 Å². The van der Waals surface area contributed by atoms with Gasteiger partial charge in [-0.2, -0.15) is 0 Å². The molecule has 0 spiro atoms. The third-order valence-electron chi connectivity index (χ3n) is 2.31. The molecule has 0 fully saturated rings. The van der Waals surface area contributed by atoms with Crippen LogP contribution in [0.15, 0.2) is 18.2 Å². The van der Waals surface area contributed by atoms with E-state index in [4.69, 9.17) is 21.1 Å². The number of rotatable bonds is 5. The molecule has 0 bridgehead atoms. The standard InChI is InChI=1S/C15H19ClO2/c1-12-7-8-15(18-13(2)11-17-3)14(10-12)6-4-5-9-16/h7-8,10,13H,5,9,11H2,1-3H3. The van der Waals surface area contributed by atoms with Crippen molar-refractivity contribution in [2.75, 3.05) is 19.6 Å². The predicted molar refractivity (Wildman–Crippen MR) is 75.4 cm³/mol. The lowest BCUT2D eigenvalue weighted by Gasteiger charge is -2.15. The van der Waals surface area contributed by atoms with Crippen molar-refractivity contribution in [1.82, 2.24) is 0 Å². The summed E-state index contributed by atoms with van der Waals surface area (Å²) in [6, 6.07) is 5.99. The lowest BCUT2D eigenvalue weighted by atomic mass is 10.1. The second kappa shape index (κ2) is 8.02. The Morgan fingerprint density at radius 2 is 2.17 bits per heavy atom. The van der Waals surface area contributed by atoms with E-state index in [1.165, 1.54) is 0 Å². The fraction of sp³-hybridized carbons (Fsp3) is 0.467. The Balaban J connectivity index is 2.86. The number of hydrogen-bond donors (Lipinski definition) is 0. The highest BCUT2D eigenvalue weighted by Crippen LogP contribution is 2.20. The topological polar surface area (TPSA) is 18.5 Å². The van der Waals surface area contributed by atoms with E-state index < -0.39 is 0 Å². The van der Waals surface area contributed by atoms with E-state index >= 15 is 0 Å². The first-order chi connectivity index (χ1) is 8.67. The van der Waals surface area contributed by atoms with E-state index in [2.05, 4.69) is 11.8 Å². The first-order valence-corrected chi connectivity index (χ1v) is 6.52. The molecule has 1 unspecified atom stereocenters. The van der Waals surface area contributed by atoms with E-state index in [1.807, 2.05) is 32.0 Å². The summed E-state index contributed by atoms with van der Waals surface area (Å²) in [5.41, 5.74) is 2.07. The van der Waals surface area contributed by atoms with Crippen LogP contribution in [0.4, 0.5) is 0 Å². The van der Waals surface area contributed by atoms with Gasteiger partial charge in [-0.25, -0.2) is 0 Å². The smallest absolute Gasteiger partial charge is 0.135 e. The molecular formula is C15H19ClO2. The van der Waals surface area contributed by atoms with Crippen molar-refractivity contribution in [3.8, 4) is 17.6 Å². The highest BCUT2D eigenvalue weighted by molar-refractivity contribution is 6.18. The van der Waals surface area contributed by atoms with Crippen molar-refractivity contribution in [1.29, 1.82) is 0 Å². The van der Waals surface area contributed by atoms with Gasteiger partial charge >= 0.3 is 0 Å². The van der Waals surface area contributed by atoms with Gasteiger partial charge in [0.25, 0.3) is 0 Å². The van der Waals surface area contributed by atoms with Gasteiger partial charge in [-0.05, 0) is 31.5 Å². The summed E-state index contributed by atoms with van der Waals surface area (Å²) >= 11 is 5.61. The van der Waals surface area contributed by atoms with Gasteiger partial charge in [0.1, 0.15) is 11.9 Å². The molecule has 1 aromatic carbocycles. The second-order valence-electron chi connectivity index (χ2n) is 4.12. The summed E-state index contributed by atoms with van der Waals surface area (Å²) in [6.45, 7) is 4.57. The lowest BCUT2D eigenvalue weighted by Crippen LogP contribution is -2.18. The van der Waals surface area contributed by atoms with E-state index in [1.54, 1.807) is 7.11 Å². The fourth-order valence-electron chi connectivity index (χ4n) is 1.53. The van der Waals surface area contributed by atoms with E-state index in [0.717, 1.165) is 16.9 Å². The highest BCUT2D eigenvalue weighted by Gasteiger charge is 2.07. The highest BCUT2D eigenvalue weighted by atomic mass is 35.5. The van der Waals surface area contributed by atoms with Crippen molar-refractivity contribution in [3.63, 3.8) is 0 Å². The molecule has 0 saturated carbocycles.